The number of hydrogen-bond donors (Lipinski definition) is 1. The highest BCUT2D eigenvalue weighted by Crippen LogP contribution is 2.23. The summed E-state index contributed by atoms with van der Waals surface area (Å²) in [4.78, 5) is 0. The summed E-state index contributed by atoms with van der Waals surface area (Å²) in [6.07, 6.45) is 0.743. The van der Waals surface area contributed by atoms with E-state index < -0.39 is 0 Å². The van der Waals surface area contributed by atoms with Gasteiger partial charge in [-0.3, -0.25) is 0 Å². The molecule has 0 spiro atoms. The van der Waals surface area contributed by atoms with Crippen molar-refractivity contribution in [1.82, 2.24) is 0 Å². The maximum Gasteiger partial charge on any atom is 0.0628 e. The van der Waals surface area contributed by atoms with Gasteiger partial charge in [0, 0.05) is 10.5 Å². The highest BCUT2D eigenvalue weighted by molar-refractivity contribution is 8.00. The number of thioether (sulfide) groups is 1. The molecule has 0 aliphatic carbocycles. The quantitative estimate of drug-likeness (QED) is 0.687. The zero-order valence-corrected chi connectivity index (χ0v) is 8.16. The van der Waals surface area contributed by atoms with Gasteiger partial charge in [0.15, 0.2) is 0 Å². The lowest BCUT2D eigenvalue weighted by atomic mass is 10.3. The molecule has 0 saturated heterocycles. The van der Waals surface area contributed by atoms with E-state index in [0.29, 0.717) is 0 Å². The van der Waals surface area contributed by atoms with Crippen LogP contribution in [0.3, 0.4) is 0 Å². The lowest BCUT2D eigenvalue weighted by molar-refractivity contribution is 0.195. The Morgan fingerprint density at radius 2 is 1.90 bits per heavy atom. The van der Waals surface area contributed by atoms with Gasteiger partial charge in [-0.2, -0.15) is 11.8 Å². The van der Waals surface area contributed by atoms with E-state index in [0.717, 1.165) is 12.2 Å². The SMILES string of the molecule is CCC(O)CSC(C)(C)C. The Morgan fingerprint density at radius 3 is 2.20 bits per heavy atom. The lowest BCUT2D eigenvalue weighted by Gasteiger charge is -2.19. The predicted molar refractivity (Wildman–Crippen MR) is 48.5 cm³/mol. The molecule has 0 aliphatic rings. The van der Waals surface area contributed by atoms with Crippen LogP contribution < -0.4 is 0 Å². The standard InChI is InChI=1S/C8H18OS/c1-5-7(9)6-10-8(2,3)4/h7,9H,5-6H2,1-4H3. The molecular weight excluding hydrogens is 144 g/mol. The molecule has 1 N–H and O–H groups in total. The minimum Gasteiger partial charge on any atom is -0.392 e. The molecule has 0 fully saturated rings. The summed E-state index contributed by atoms with van der Waals surface area (Å²) in [5.41, 5.74) is 0. The average Bonchev–Trinajstić information content (AvgIpc) is 1.81. The molecule has 0 aromatic carbocycles. The molecule has 0 radical (unpaired) electrons. The Balaban J connectivity index is 3.36. The first kappa shape index (κ1) is 10.3. The maximum absolute atomic E-state index is 9.20. The van der Waals surface area contributed by atoms with Crippen molar-refractivity contribution >= 4 is 11.8 Å². The summed E-state index contributed by atoms with van der Waals surface area (Å²) >= 11 is 1.82. The summed E-state index contributed by atoms with van der Waals surface area (Å²) in [6, 6.07) is 0. The Bertz CT molecular complexity index is 85.7. The van der Waals surface area contributed by atoms with Crippen LogP contribution in [-0.4, -0.2) is 21.7 Å². The molecule has 2 heteroatoms. The molecule has 0 saturated carbocycles. The van der Waals surface area contributed by atoms with Crippen LogP contribution in [0.4, 0.5) is 0 Å². The molecule has 1 nitrogen and oxygen atoms in total. The summed E-state index contributed by atoms with van der Waals surface area (Å²) < 4.78 is 0.288. The zero-order chi connectivity index (χ0) is 8.20. The van der Waals surface area contributed by atoms with Crippen molar-refractivity contribution in [2.24, 2.45) is 0 Å². The summed E-state index contributed by atoms with van der Waals surface area (Å²) in [6.45, 7) is 8.51. The molecule has 1 unspecified atom stereocenters. The van der Waals surface area contributed by atoms with E-state index in [-0.39, 0.29) is 10.9 Å². The second-order valence-corrected chi connectivity index (χ2v) is 5.33. The maximum atomic E-state index is 9.20. The largest absolute Gasteiger partial charge is 0.392 e. The molecule has 0 aliphatic heterocycles. The van der Waals surface area contributed by atoms with Crippen LogP contribution in [0.1, 0.15) is 34.1 Å². The number of rotatable bonds is 3. The third-order valence-electron chi connectivity index (χ3n) is 1.18. The van der Waals surface area contributed by atoms with Gasteiger partial charge in [-0.25, -0.2) is 0 Å². The van der Waals surface area contributed by atoms with E-state index in [4.69, 9.17) is 0 Å². The highest BCUT2D eigenvalue weighted by atomic mass is 32.2. The number of aliphatic hydroxyl groups is 1. The van der Waals surface area contributed by atoms with Gasteiger partial charge in [0.1, 0.15) is 0 Å². The molecule has 0 rings (SSSR count). The van der Waals surface area contributed by atoms with E-state index in [2.05, 4.69) is 20.8 Å². The fourth-order valence-electron chi connectivity index (χ4n) is 0.464. The van der Waals surface area contributed by atoms with Gasteiger partial charge in [-0.05, 0) is 6.42 Å². The first-order chi connectivity index (χ1) is 4.45. The van der Waals surface area contributed by atoms with Crippen LogP contribution in [0.15, 0.2) is 0 Å². The molecule has 10 heavy (non-hydrogen) atoms. The van der Waals surface area contributed by atoms with Crippen LogP contribution >= 0.6 is 11.8 Å². The minimum absolute atomic E-state index is 0.121. The molecule has 62 valence electrons. The molecule has 0 heterocycles. The van der Waals surface area contributed by atoms with Crippen LogP contribution in [-0.2, 0) is 0 Å². The number of aliphatic hydroxyl groups excluding tert-OH is 1. The third-order valence-corrected chi connectivity index (χ3v) is 2.60. The van der Waals surface area contributed by atoms with Crippen molar-refractivity contribution in [2.45, 2.75) is 45.0 Å². The van der Waals surface area contributed by atoms with Gasteiger partial charge in [0.05, 0.1) is 6.10 Å². The van der Waals surface area contributed by atoms with Crippen molar-refractivity contribution in [3.8, 4) is 0 Å². The third kappa shape index (κ3) is 6.43. The van der Waals surface area contributed by atoms with Gasteiger partial charge in [-0.1, -0.05) is 27.7 Å². The number of hydrogen-bond acceptors (Lipinski definition) is 2. The minimum atomic E-state index is -0.121. The van der Waals surface area contributed by atoms with E-state index in [1.54, 1.807) is 0 Å². The summed E-state index contributed by atoms with van der Waals surface area (Å²) in [7, 11) is 0. The van der Waals surface area contributed by atoms with Crippen LogP contribution in [0.2, 0.25) is 0 Å². The van der Waals surface area contributed by atoms with Crippen molar-refractivity contribution in [2.75, 3.05) is 5.75 Å². The second-order valence-electron chi connectivity index (χ2n) is 3.49. The molecule has 0 bridgehead atoms. The molecular formula is C8H18OS. The first-order valence-corrected chi connectivity index (χ1v) is 4.76. The van der Waals surface area contributed by atoms with Gasteiger partial charge in [-0.15, -0.1) is 0 Å². The van der Waals surface area contributed by atoms with Gasteiger partial charge in [0.2, 0.25) is 0 Å². The zero-order valence-electron chi connectivity index (χ0n) is 7.35. The van der Waals surface area contributed by atoms with Gasteiger partial charge >= 0.3 is 0 Å². The highest BCUT2D eigenvalue weighted by Gasteiger charge is 2.12. The second kappa shape index (κ2) is 4.24. The smallest absolute Gasteiger partial charge is 0.0628 e. The Kier molecular flexibility index (Phi) is 4.37. The fraction of sp³-hybridized carbons (Fsp3) is 1.00. The van der Waals surface area contributed by atoms with Gasteiger partial charge < -0.3 is 5.11 Å². The Morgan fingerprint density at radius 1 is 1.40 bits per heavy atom. The molecule has 0 aromatic heterocycles. The molecule has 0 aromatic rings. The first-order valence-electron chi connectivity index (χ1n) is 3.77. The van der Waals surface area contributed by atoms with E-state index in [1.165, 1.54) is 0 Å². The predicted octanol–water partition coefficient (Wildman–Crippen LogP) is 2.29. The van der Waals surface area contributed by atoms with E-state index >= 15 is 0 Å². The summed E-state index contributed by atoms with van der Waals surface area (Å²) in [5.74, 6) is 0.861. The van der Waals surface area contributed by atoms with Crippen molar-refractivity contribution in [3.63, 3.8) is 0 Å². The molecule has 0 amide bonds. The topological polar surface area (TPSA) is 20.2 Å². The van der Waals surface area contributed by atoms with Crippen molar-refractivity contribution < 1.29 is 5.11 Å². The fourth-order valence-corrected chi connectivity index (χ4v) is 1.39. The van der Waals surface area contributed by atoms with E-state index in [9.17, 15) is 5.11 Å². The molecule has 1 atom stereocenters. The summed E-state index contributed by atoms with van der Waals surface area (Å²) in [5, 5.41) is 9.20. The lowest BCUT2D eigenvalue weighted by Crippen LogP contribution is -2.15. The van der Waals surface area contributed by atoms with E-state index in [1.807, 2.05) is 18.7 Å². The average molecular weight is 162 g/mol. The monoisotopic (exact) mass is 162 g/mol. The van der Waals surface area contributed by atoms with Gasteiger partial charge in [0.25, 0.3) is 0 Å². The normalized spacial score (nSPS) is 15.3. The Labute approximate surface area is 68.2 Å². The van der Waals surface area contributed by atoms with Crippen molar-refractivity contribution in [3.05, 3.63) is 0 Å². The van der Waals surface area contributed by atoms with Crippen molar-refractivity contribution in [1.29, 1.82) is 0 Å². The van der Waals surface area contributed by atoms with Crippen LogP contribution in [0.5, 0.6) is 0 Å². The Hall–Kier alpha value is 0.310. The van der Waals surface area contributed by atoms with Crippen LogP contribution in [0.25, 0.3) is 0 Å². The van der Waals surface area contributed by atoms with Crippen LogP contribution in [0, 0.1) is 0 Å².